The first-order valence-corrected chi connectivity index (χ1v) is 11.1. The minimum atomic E-state index is -1.19. The monoisotopic (exact) mass is 449 g/mol. The fraction of sp³-hybridized carbons (Fsp3) is 0.280. The van der Waals surface area contributed by atoms with Gasteiger partial charge in [0.15, 0.2) is 11.6 Å². The van der Waals surface area contributed by atoms with Crippen LogP contribution in [0.5, 0.6) is 5.75 Å². The third kappa shape index (κ3) is 3.01. The van der Waals surface area contributed by atoms with Gasteiger partial charge in [0.1, 0.15) is 5.75 Å². The molecule has 1 fully saturated rings. The van der Waals surface area contributed by atoms with Crippen molar-refractivity contribution < 1.29 is 23.1 Å². The van der Waals surface area contributed by atoms with Crippen molar-refractivity contribution in [1.82, 2.24) is 15.2 Å². The fourth-order valence-electron chi connectivity index (χ4n) is 5.24. The number of imide groups is 1. The highest BCUT2D eigenvalue weighted by molar-refractivity contribution is 6.50. The Morgan fingerprint density at radius 3 is 2.61 bits per heavy atom. The molecule has 3 aliphatic rings. The Morgan fingerprint density at radius 1 is 1.03 bits per heavy atom. The lowest BCUT2D eigenvalue weighted by atomic mass is 9.93. The molecule has 3 aliphatic heterocycles. The second kappa shape index (κ2) is 7.52. The van der Waals surface area contributed by atoms with E-state index in [4.69, 9.17) is 4.74 Å². The first-order valence-electron chi connectivity index (χ1n) is 11.1. The summed E-state index contributed by atoms with van der Waals surface area (Å²) in [4.78, 5) is 26.0. The number of benzene rings is 2. The zero-order valence-corrected chi connectivity index (χ0v) is 17.7. The van der Waals surface area contributed by atoms with Crippen molar-refractivity contribution in [3.05, 3.63) is 64.9 Å². The number of fused-ring (bicyclic) bond motifs is 2. The quantitative estimate of drug-likeness (QED) is 0.602. The highest BCUT2D eigenvalue weighted by Gasteiger charge is 2.39. The van der Waals surface area contributed by atoms with Crippen LogP contribution in [0.4, 0.5) is 8.78 Å². The molecule has 0 atom stereocenters. The Kier molecular flexibility index (Phi) is 4.58. The second-order valence-corrected chi connectivity index (χ2v) is 8.62. The Balaban J connectivity index is 1.64. The van der Waals surface area contributed by atoms with Crippen LogP contribution < -0.4 is 15.4 Å². The molecule has 2 N–H and O–H groups in total. The largest absolute Gasteiger partial charge is 0.492 e. The van der Waals surface area contributed by atoms with Crippen LogP contribution in [0.3, 0.4) is 0 Å². The summed E-state index contributed by atoms with van der Waals surface area (Å²) in [5, 5.41) is 6.42. The Hall–Kier alpha value is -3.52. The van der Waals surface area contributed by atoms with Gasteiger partial charge in [0.25, 0.3) is 11.8 Å². The molecule has 0 saturated carbocycles. The van der Waals surface area contributed by atoms with Gasteiger partial charge in [-0.05, 0) is 38.1 Å². The van der Waals surface area contributed by atoms with Crippen molar-refractivity contribution in [2.45, 2.75) is 25.3 Å². The van der Waals surface area contributed by atoms with Crippen molar-refractivity contribution in [1.29, 1.82) is 0 Å². The van der Waals surface area contributed by atoms with E-state index in [1.807, 2.05) is 30.5 Å². The molecule has 33 heavy (non-hydrogen) atoms. The van der Waals surface area contributed by atoms with Crippen molar-refractivity contribution in [3.8, 4) is 5.75 Å². The number of nitrogens with one attached hydrogen (secondary N) is 2. The topological polar surface area (TPSA) is 72.4 Å². The molecule has 0 aliphatic carbocycles. The molecule has 2 amide bonds. The SMILES string of the molecule is O=C1NC(=O)C(c2cn(C3CCNCC3)c3ccccc23)=C1c1c(F)c(F)cc2c1OCC2. The number of aromatic nitrogens is 1. The van der Waals surface area contributed by atoms with E-state index in [-0.39, 0.29) is 35.1 Å². The van der Waals surface area contributed by atoms with Gasteiger partial charge in [-0.15, -0.1) is 0 Å². The molecular formula is C25H21F2N3O3. The van der Waals surface area contributed by atoms with Crippen molar-refractivity contribution >= 4 is 33.9 Å². The number of piperidine rings is 1. The summed E-state index contributed by atoms with van der Waals surface area (Å²) in [6.45, 7) is 2.03. The molecule has 1 saturated heterocycles. The maximum absolute atomic E-state index is 15.1. The number of halogens is 2. The van der Waals surface area contributed by atoms with Gasteiger partial charge in [-0.2, -0.15) is 0 Å². The summed E-state index contributed by atoms with van der Waals surface area (Å²) in [5.41, 5.74) is 1.53. The summed E-state index contributed by atoms with van der Waals surface area (Å²) in [6, 6.07) is 8.96. The van der Waals surface area contributed by atoms with Crippen molar-refractivity contribution in [2.75, 3.05) is 19.7 Å². The zero-order chi connectivity index (χ0) is 22.7. The van der Waals surface area contributed by atoms with E-state index in [0.29, 0.717) is 17.5 Å². The lowest BCUT2D eigenvalue weighted by Crippen LogP contribution is -2.29. The first kappa shape index (κ1) is 20.1. The molecule has 8 heteroatoms. The Morgan fingerprint density at radius 2 is 1.79 bits per heavy atom. The molecule has 2 aromatic carbocycles. The maximum Gasteiger partial charge on any atom is 0.259 e. The van der Waals surface area contributed by atoms with Gasteiger partial charge in [0, 0.05) is 40.7 Å². The average Bonchev–Trinajstić information content (AvgIpc) is 3.51. The van der Waals surface area contributed by atoms with Gasteiger partial charge < -0.3 is 14.6 Å². The molecule has 1 aromatic heterocycles. The van der Waals surface area contributed by atoms with Crippen LogP contribution in [0.1, 0.15) is 35.6 Å². The van der Waals surface area contributed by atoms with E-state index in [1.165, 1.54) is 0 Å². The normalized spacial score (nSPS) is 18.7. The van der Waals surface area contributed by atoms with Gasteiger partial charge >= 0.3 is 0 Å². The second-order valence-electron chi connectivity index (χ2n) is 8.62. The standard InChI is InChI=1S/C25H21F2N3O3/c26-17-11-13-7-10-33-23(13)21(22(17)27)20-19(24(31)29-25(20)32)16-12-30(14-5-8-28-9-6-14)18-4-2-1-3-15(16)18/h1-4,11-12,14,28H,5-10H2,(H,29,31,32). The number of rotatable bonds is 3. The van der Waals surface area contributed by atoms with Crippen LogP contribution in [0.25, 0.3) is 22.0 Å². The molecule has 4 heterocycles. The molecule has 0 spiro atoms. The third-order valence-corrected chi connectivity index (χ3v) is 6.76. The lowest BCUT2D eigenvalue weighted by Gasteiger charge is -2.25. The number of hydrogen-bond donors (Lipinski definition) is 2. The number of nitrogens with zero attached hydrogens (tertiary/aromatic N) is 1. The molecule has 0 unspecified atom stereocenters. The van der Waals surface area contributed by atoms with Crippen LogP contribution >= 0.6 is 0 Å². The predicted octanol–water partition coefficient (Wildman–Crippen LogP) is 3.35. The van der Waals surface area contributed by atoms with Crippen LogP contribution in [0.15, 0.2) is 36.5 Å². The third-order valence-electron chi connectivity index (χ3n) is 6.76. The summed E-state index contributed by atoms with van der Waals surface area (Å²) >= 11 is 0. The van der Waals surface area contributed by atoms with Crippen molar-refractivity contribution in [3.63, 3.8) is 0 Å². The van der Waals surface area contributed by atoms with E-state index in [2.05, 4.69) is 15.2 Å². The van der Waals surface area contributed by atoms with E-state index < -0.39 is 23.4 Å². The highest BCUT2D eigenvalue weighted by atomic mass is 19.2. The molecule has 168 valence electrons. The Labute approximate surface area is 188 Å². The average molecular weight is 449 g/mol. The maximum atomic E-state index is 15.1. The summed E-state index contributed by atoms with van der Waals surface area (Å²) in [7, 11) is 0. The minimum Gasteiger partial charge on any atom is -0.492 e. The fourth-order valence-corrected chi connectivity index (χ4v) is 5.24. The number of hydrogen-bond acceptors (Lipinski definition) is 4. The molecular weight excluding hydrogens is 428 g/mol. The zero-order valence-electron chi connectivity index (χ0n) is 17.7. The number of amides is 2. The lowest BCUT2D eigenvalue weighted by molar-refractivity contribution is -0.122. The summed E-state index contributed by atoms with van der Waals surface area (Å²) in [5.74, 6) is -3.50. The molecule has 6 rings (SSSR count). The van der Waals surface area contributed by atoms with Crippen LogP contribution in [0.2, 0.25) is 0 Å². The van der Waals surface area contributed by atoms with E-state index in [0.717, 1.165) is 42.9 Å². The van der Waals surface area contributed by atoms with Gasteiger partial charge in [-0.3, -0.25) is 14.9 Å². The number of carbonyl (C=O) groups excluding carboxylic acids is 2. The van der Waals surface area contributed by atoms with Crippen LogP contribution in [0, 0.1) is 11.6 Å². The number of para-hydroxylation sites is 1. The smallest absolute Gasteiger partial charge is 0.259 e. The van der Waals surface area contributed by atoms with Gasteiger partial charge in [-0.1, -0.05) is 18.2 Å². The van der Waals surface area contributed by atoms with E-state index in [9.17, 15) is 14.0 Å². The van der Waals surface area contributed by atoms with Crippen LogP contribution in [-0.4, -0.2) is 36.1 Å². The molecule has 3 aromatic rings. The molecule has 0 bridgehead atoms. The summed E-state index contributed by atoms with van der Waals surface area (Å²) in [6.07, 6.45) is 4.13. The highest BCUT2D eigenvalue weighted by Crippen LogP contribution is 2.44. The number of ether oxygens (including phenoxy) is 1. The van der Waals surface area contributed by atoms with Crippen LogP contribution in [-0.2, 0) is 16.0 Å². The predicted molar refractivity (Wildman–Crippen MR) is 119 cm³/mol. The van der Waals surface area contributed by atoms with Gasteiger partial charge in [0.2, 0.25) is 0 Å². The first-order chi connectivity index (χ1) is 16.0. The van der Waals surface area contributed by atoms with Gasteiger partial charge in [-0.25, -0.2) is 8.78 Å². The number of carbonyl (C=O) groups is 2. The van der Waals surface area contributed by atoms with Gasteiger partial charge in [0.05, 0.1) is 23.3 Å². The minimum absolute atomic E-state index is 0.0473. The molecule has 0 radical (unpaired) electrons. The van der Waals surface area contributed by atoms with E-state index in [1.54, 1.807) is 0 Å². The van der Waals surface area contributed by atoms with E-state index >= 15 is 4.39 Å². The Bertz CT molecular complexity index is 1370. The van der Waals surface area contributed by atoms with Crippen molar-refractivity contribution in [2.24, 2.45) is 0 Å². The molecule has 6 nitrogen and oxygen atoms in total. The summed E-state index contributed by atoms with van der Waals surface area (Å²) < 4.78 is 37.3.